The van der Waals surface area contributed by atoms with Gasteiger partial charge in [0.2, 0.25) is 0 Å². The van der Waals surface area contributed by atoms with Gasteiger partial charge in [-0.1, -0.05) is 23.2 Å². The van der Waals surface area contributed by atoms with Crippen LogP contribution in [0.1, 0.15) is 5.56 Å². The molecule has 0 amide bonds. The molecule has 17 heavy (non-hydrogen) atoms. The number of rotatable bonds is 3. The predicted octanol–water partition coefficient (Wildman–Crippen LogP) is 3.82. The molecule has 1 aromatic rings. The minimum Gasteiger partial charge on any atom is -0.481 e. The first-order chi connectivity index (χ1) is 7.33. The van der Waals surface area contributed by atoms with Crippen LogP contribution < -0.4 is 10.5 Å². The van der Waals surface area contributed by atoms with Gasteiger partial charge in [0.15, 0.2) is 12.4 Å². The van der Waals surface area contributed by atoms with Crippen LogP contribution in [0.15, 0.2) is 12.1 Å². The molecule has 0 bridgehead atoms. The molecule has 0 atom stereocenters. The van der Waals surface area contributed by atoms with Crippen LogP contribution in [0.2, 0.25) is 10.0 Å². The summed E-state index contributed by atoms with van der Waals surface area (Å²) >= 11 is 11.4. The van der Waals surface area contributed by atoms with E-state index in [1.54, 1.807) is 0 Å². The molecule has 0 saturated heterocycles. The summed E-state index contributed by atoms with van der Waals surface area (Å²) in [4.78, 5) is 0. The lowest BCUT2D eigenvalue weighted by Gasteiger charge is -2.12. The molecule has 1 rings (SSSR count). The molecule has 0 aliphatic carbocycles. The molecule has 1 aromatic carbocycles. The van der Waals surface area contributed by atoms with Gasteiger partial charge in [0.05, 0.1) is 10.0 Å². The van der Waals surface area contributed by atoms with Crippen molar-refractivity contribution in [1.82, 2.24) is 0 Å². The Bertz CT molecular complexity index is 361. The Hall–Kier alpha value is -0.360. The van der Waals surface area contributed by atoms with Crippen LogP contribution in [0.4, 0.5) is 13.2 Å². The van der Waals surface area contributed by atoms with Crippen molar-refractivity contribution < 1.29 is 17.9 Å². The van der Waals surface area contributed by atoms with Crippen molar-refractivity contribution in [2.24, 2.45) is 5.73 Å². The summed E-state index contributed by atoms with van der Waals surface area (Å²) in [7, 11) is 0. The SMILES string of the molecule is Cl.NCc1cc(Cl)c(OCC(F)(F)F)c(Cl)c1. The summed E-state index contributed by atoms with van der Waals surface area (Å²) in [5.74, 6) is -0.183. The Balaban J connectivity index is 0.00000256. The molecule has 0 spiro atoms. The zero-order valence-electron chi connectivity index (χ0n) is 8.35. The summed E-state index contributed by atoms with van der Waals surface area (Å²) in [6.45, 7) is -1.24. The third-order valence-electron chi connectivity index (χ3n) is 1.67. The Labute approximate surface area is 112 Å². The maximum Gasteiger partial charge on any atom is 0.422 e. The number of hydrogen-bond acceptors (Lipinski definition) is 2. The average molecular weight is 311 g/mol. The highest BCUT2D eigenvalue weighted by molar-refractivity contribution is 6.37. The van der Waals surface area contributed by atoms with E-state index in [9.17, 15) is 13.2 Å². The highest BCUT2D eigenvalue weighted by Gasteiger charge is 2.29. The molecule has 2 N–H and O–H groups in total. The lowest BCUT2D eigenvalue weighted by atomic mass is 10.2. The number of benzene rings is 1. The number of nitrogens with two attached hydrogens (primary N) is 1. The van der Waals surface area contributed by atoms with Gasteiger partial charge in [-0.25, -0.2) is 0 Å². The van der Waals surface area contributed by atoms with E-state index in [4.69, 9.17) is 28.9 Å². The largest absolute Gasteiger partial charge is 0.481 e. The number of halogens is 6. The number of hydrogen-bond donors (Lipinski definition) is 1. The van der Waals surface area contributed by atoms with Crippen LogP contribution in [-0.4, -0.2) is 12.8 Å². The molecule has 0 fully saturated rings. The van der Waals surface area contributed by atoms with Crippen molar-refractivity contribution in [3.8, 4) is 5.75 Å². The molecule has 0 aromatic heterocycles. The lowest BCUT2D eigenvalue weighted by Crippen LogP contribution is -2.19. The molecular weight excluding hydrogens is 301 g/mol. The van der Waals surface area contributed by atoms with Crippen LogP contribution in [0, 0.1) is 0 Å². The summed E-state index contributed by atoms with van der Waals surface area (Å²) in [6, 6.07) is 2.83. The van der Waals surface area contributed by atoms with E-state index < -0.39 is 12.8 Å². The maximum atomic E-state index is 11.9. The van der Waals surface area contributed by atoms with E-state index in [1.165, 1.54) is 12.1 Å². The quantitative estimate of drug-likeness (QED) is 0.921. The van der Waals surface area contributed by atoms with Gasteiger partial charge >= 0.3 is 6.18 Å². The lowest BCUT2D eigenvalue weighted by molar-refractivity contribution is -0.153. The molecule has 0 saturated carbocycles. The van der Waals surface area contributed by atoms with Gasteiger partial charge in [-0.3, -0.25) is 0 Å². The van der Waals surface area contributed by atoms with Gasteiger partial charge < -0.3 is 10.5 Å². The first-order valence-corrected chi connectivity index (χ1v) is 4.96. The Morgan fingerprint density at radius 3 is 2.00 bits per heavy atom. The summed E-state index contributed by atoms with van der Waals surface area (Å²) in [6.07, 6.45) is -4.43. The van der Waals surface area contributed by atoms with Crippen molar-refractivity contribution in [3.63, 3.8) is 0 Å². The maximum absolute atomic E-state index is 11.9. The first-order valence-electron chi connectivity index (χ1n) is 4.21. The fraction of sp³-hybridized carbons (Fsp3) is 0.333. The second-order valence-electron chi connectivity index (χ2n) is 3.00. The fourth-order valence-electron chi connectivity index (χ4n) is 1.02. The molecule has 0 aliphatic heterocycles. The summed E-state index contributed by atoms with van der Waals surface area (Å²) in [5.41, 5.74) is 5.96. The van der Waals surface area contributed by atoms with E-state index >= 15 is 0 Å². The van der Waals surface area contributed by atoms with E-state index in [2.05, 4.69) is 4.74 Å². The van der Waals surface area contributed by atoms with Crippen molar-refractivity contribution >= 4 is 35.6 Å². The van der Waals surface area contributed by atoms with Crippen LogP contribution >= 0.6 is 35.6 Å². The second-order valence-corrected chi connectivity index (χ2v) is 3.81. The molecule has 2 nitrogen and oxygen atoms in total. The van der Waals surface area contributed by atoms with Gasteiger partial charge in [-0.2, -0.15) is 13.2 Å². The van der Waals surface area contributed by atoms with Crippen LogP contribution in [0.3, 0.4) is 0 Å². The second kappa shape index (κ2) is 6.54. The molecule has 98 valence electrons. The Morgan fingerprint density at radius 1 is 1.18 bits per heavy atom. The van der Waals surface area contributed by atoms with Gasteiger partial charge in [0, 0.05) is 6.54 Å². The topological polar surface area (TPSA) is 35.2 Å². The van der Waals surface area contributed by atoms with E-state index in [-0.39, 0.29) is 34.7 Å². The average Bonchev–Trinajstić information content (AvgIpc) is 2.14. The monoisotopic (exact) mass is 309 g/mol. The summed E-state index contributed by atoms with van der Waals surface area (Å²) in [5, 5.41) is 0.0226. The minimum absolute atomic E-state index is 0. The third kappa shape index (κ3) is 5.21. The van der Waals surface area contributed by atoms with Crippen molar-refractivity contribution in [2.45, 2.75) is 12.7 Å². The van der Waals surface area contributed by atoms with Gasteiger partial charge in [-0.05, 0) is 17.7 Å². The molecule has 0 unspecified atom stereocenters. The standard InChI is InChI=1S/C9H8Cl2F3NO.ClH/c10-6-1-5(3-15)2-7(11)8(6)16-4-9(12,13)14;/h1-2H,3-4,15H2;1H. The molecule has 0 heterocycles. The first kappa shape index (κ1) is 16.6. The zero-order valence-corrected chi connectivity index (χ0v) is 10.7. The smallest absolute Gasteiger partial charge is 0.422 e. The number of ether oxygens (including phenoxy) is 1. The van der Waals surface area contributed by atoms with Gasteiger partial charge in [0.1, 0.15) is 0 Å². The predicted molar refractivity (Wildman–Crippen MR) is 63.2 cm³/mol. The normalized spacial score (nSPS) is 10.9. The van der Waals surface area contributed by atoms with Crippen molar-refractivity contribution in [1.29, 1.82) is 0 Å². The zero-order chi connectivity index (χ0) is 12.3. The van der Waals surface area contributed by atoms with Crippen molar-refractivity contribution in [3.05, 3.63) is 27.7 Å². The van der Waals surface area contributed by atoms with Gasteiger partial charge in [-0.15, -0.1) is 12.4 Å². The Kier molecular flexibility index (Phi) is 6.40. The molecule has 0 aliphatic rings. The van der Waals surface area contributed by atoms with E-state index in [0.717, 1.165) is 0 Å². The van der Waals surface area contributed by atoms with Crippen LogP contribution in [0.5, 0.6) is 5.75 Å². The molecular formula is C9H9Cl3F3NO. The van der Waals surface area contributed by atoms with Gasteiger partial charge in [0.25, 0.3) is 0 Å². The highest BCUT2D eigenvalue weighted by atomic mass is 35.5. The van der Waals surface area contributed by atoms with E-state index in [1.807, 2.05) is 0 Å². The Morgan fingerprint density at radius 2 is 1.65 bits per heavy atom. The fourth-order valence-corrected chi connectivity index (χ4v) is 1.66. The third-order valence-corrected chi connectivity index (χ3v) is 2.24. The highest BCUT2D eigenvalue weighted by Crippen LogP contribution is 2.35. The van der Waals surface area contributed by atoms with Crippen LogP contribution in [0.25, 0.3) is 0 Å². The molecule has 0 radical (unpaired) electrons. The number of alkyl halides is 3. The van der Waals surface area contributed by atoms with Crippen molar-refractivity contribution in [2.75, 3.05) is 6.61 Å². The summed E-state index contributed by atoms with van der Waals surface area (Å²) < 4.78 is 40.3. The van der Waals surface area contributed by atoms with Crippen LogP contribution in [-0.2, 0) is 6.54 Å². The van der Waals surface area contributed by atoms with E-state index in [0.29, 0.717) is 5.56 Å². The minimum atomic E-state index is -4.43. The molecule has 8 heteroatoms.